The van der Waals surface area contributed by atoms with Crippen LogP contribution in [0.15, 0.2) is 65.1 Å². The Hall–Kier alpha value is -2.99. The highest BCUT2D eigenvalue weighted by Gasteiger charge is 2.20. The largest absolute Gasteiger partial charge is 0.339 e. The molecule has 1 aliphatic rings. The first-order valence-electron chi connectivity index (χ1n) is 9.95. The summed E-state index contributed by atoms with van der Waals surface area (Å²) in [6.07, 6.45) is 2.09. The molecule has 3 aromatic rings. The summed E-state index contributed by atoms with van der Waals surface area (Å²) in [6, 6.07) is 18.6. The van der Waals surface area contributed by atoms with Crippen molar-refractivity contribution in [1.82, 2.24) is 9.88 Å². The minimum atomic E-state index is -0.244. The number of rotatable bonds is 4. The summed E-state index contributed by atoms with van der Waals surface area (Å²) in [7, 11) is 0. The van der Waals surface area contributed by atoms with Crippen molar-refractivity contribution in [3.63, 3.8) is 0 Å². The normalized spacial score (nSPS) is 13.3. The van der Waals surface area contributed by atoms with Crippen molar-refractivity contribution in [3.05, 3.63) is 82.0 Å². The number of halogens is 1. The van der Waals surface area contributed by atoms with E-state index in [2.05, 4.69) is 26.2 Å². The molecule has 0 atom stereocenters. The van der Waals surface area contributed by atoms with E-state index < -0.39 is 0 Å². The van der Waals surface area contributed by atoms with Gasteiger partial charge in [0.15, 0.2) is 0 Å². The molecule has 0 spiro atoms. The lowest BCUT2D eigenvalue weighted by atomic mass is 10.1. The minimum Gasteiger partial charge on any atom is -0.339 e. The lowest BCUT2D eigenvalue weighted by molar-refractivity contribution is 0.0792. The van der Waals surface area contributed by atoms with E-state index in [1.807, 2.05) is 42.2 Å². The van der Waals surface area contributed by atoms with Gasteiger partial charge in [0.05, 0.1) is 17.0 Å². The topological polar surface area (TPSA) is 62.3 Å². The molecule has 0 saturated carbocycles. The van der Waals surface area contributed by atoms with Crippen LogP contribution in [-0.2, 0) is 0 Å². The van der Waals surface area contributed by atoms with E-state index in [1.165, 1.54) is 0 Å². The Labute approximate surface area is 184 Å². The van der Waals surface area contributed by atoms with E-state index >= 15 is 0 Å². The maximum Gasteiger partial charge on any atom is 0.257 e. The van der Waals surface area contributed by atoms with E-state index in [4.69, 9.17) is 0 Å². The number of pyridine rings is 1. The van der Waals surface area contributed by atoms with Crippen molar-refractivity contribution in [2.45, 2.75) is 19.8 Å². The quantitative estimate of drug-likeness (QED) is 0.570. The molecule has 0 unspecified atom stereocenters. The zero-order valence-corrected chi connectivity index (χ0v) is 18.3. The Balaban J connectivity index is 1.51. The predicted octanol–water partition coefficient (Wildman–Crippen LogP) is 5.31. The molecule has 5 nitrogen and oxygen atoms in total. The van der Waals surface area contributed by atoms with Crippen LogP contribution in [0.4, 0.5) is 5.69 Å². The fraction of sp³-hybridized carbons (Fsp3) is 0.208. The molecule has 1 N–H and O–H groups in total. The van der Waals surface area contributed by atoms with Gasteiger partial charge in [-0.05, 0) is 62.2 Å². The van der Waals surface area contributed by atoms with E-state index in [-0.39, 0.29) is 11.8 Å². The summed E-state index contributed by atoms with van der Waals surface area (Å²) < 4.78 is 0.977. The molecule has 30 heavy (non-hydrogen) atoms. The zero-order chi connectivity index (χ0) is 21.1. The molecule has 152 valence electrons. The number of amides is 2. The van der Waals surface area contributed by atoms with Gasteiger partial charge in [-0.15, -0.1) is 0 Å². The van der Waals surface area contributed by atoms with Crippen molar-refractivity contribution in [3.8, 4) is 11.3 Å². The molecule has 0 radical (unpaired) electrons. The number of carbonyl (C=O) groups is 2. The molecule has 1 fully saturated rings. The van der Waals surface area contributed by atoms with Gasteiger partial charge in [-0.3, -0.25) is 14.6 Å². The van der Waals surface area contributed by atoms with Crippen LogP contribution in [0.2, 0.25) is 0 Å². The van der Waals surface area contributed by atoms with Gasteiger partial charge in [-0.2, -0.15) is 0 Å². The summed E-state index contributed by atoms with van der Waals surface area (Å²) in [5.41, 5.74) is 4.13. The fourth-order valence-electron chi connectivity index (χ4n) is 3.64. The number of aryl methyl sites for hydroxylation is 1. The van der Waals surface area contributed by atoms with Crippen LogP contribution in [-0.4, -0.2) is 34.8 Å². The van der Waals surface area contributed by atoms with Gasteiger partial charge in [0.1, 0.15) is 0 Å². The van der Waals surface area contributed by atoms with Gasteiger partial charge in [0.2, 0.25) is 0 Å². The lowest BCUT2D eigenvalue weighted by Gasteiger charge is -2.16. The Morgan fingerprint density at radius 3 is 2.50 bits per heavy atom. The third kappa shape index (κ3) is 4.44. The van der Waals surface area contributed by atoms with Crippen LogP contribution in [0.3, 0.4) is 0 Å². The first-order chi connectivity index (χ1) is 14.5. The van der Waals surface area contributed by atoms with Crippen molar-refractivity contribution >= 4 is 33.4 Å². The minimum absolute atomic E-state index is 0.0137. The van der Waals surface area contributed by atoms with Crippen LogP contribution >= 0.6 is 15.9 Å². The summed E-state index contributed by atoms with van der Waals surface area (Å²) in [5, 5.41) is 2.90. The Bertz CT molecular complexity index is 1110. The van der Waals surface area contributed by atoms with Gasteiger partial charge in [0, 0.05) is 34.4 Å². The van der Waals surface area contributed by atoms with Gasteiger partial charge in [-0.25, -0.2) is 0 Å². The molecular weight excluding hydrogens is 442 g/mol. The van der Waals surface area contributed by atoms with Crippen LogP contribution in [0.1, 0.15) is 39.3 Å². The average Bonchev–Trinajstić information content (AvgIpc) is 3.28. The smallest absolute Gasteiger partial charge is 0.257 e. The molecule has 2 aromatic carbocycles. The SMILES string of the molecule is Cc1nc(-c2cccc(Br)c2)ccc1C(=O)Nc1cccc(C(=O)N2CCCC2)c1. The highest BCUT2D eigenvalue weighted by Crippen LogP contribution is 2.23. The maximum absolute atomic E-state index is 12.8. The molecule has 1 saturated heterocycles. The van der Waals surface area contributed by atoms with Gasteiger partial charge >= 0.3 is 0 Å². The average molecular weight is 464 g/mol. The molecule has 6 heteroatoms. The number of hydrogen-bond acceptors (Lipinski definition) is 3. The summed E-state index contributed by atoms with van der Waals surface area (Å²) in [5.74, 6) is -0.230. The van der Waals surface area contributed by atoms with E-state index in [0.29, 0.717) is 22.5 Å². The van der Waals surface area contributed by atoms with Gasteiger partial charge in [0.25, 0.3) is 11.8 Å². The number of nitrogens with zero attached hydrogens (tertiary/aromatic N) is 2. The Kier molecular flexibility index (Phi) is 5.95. The van der Waals surface area contributed by atoms with Crippen LogP contribution < -0.4 is 5.32 Å². The number of hydrogen-bond donors (Lipinski definition) is 1. The number of likely N-dealkylation sites (tertiary alicyclic amines) is 1. The van der Waals surface area contributed by atoms with Crippen LogP contribution in [0, 0.1) is 6.92 Å². The first-order valence-corrected chi connectivity index (χ1v) is 10.7. The van der Waals surface area contributed by atoms with Crippen molar-refractivity contribution in [2.24, 2.45) is 0 Å². The number of anilines is 1. The number of nitrogens with one attached hydrogen (secondary N) is 1. The Morgan fingerprint density at radius 1 is 1.00 bits per heavy atom. The molecular formula is C24H22BrN3O2. The second kappa shape index (κ2) is 8.79. The number of carbonyl (C=O) groups excluding carboxylic acids is 2. The van der Waals surface area contributed by atoms with Crippen molar-refractivity contribution < 1.29 is 9.59 Å². The van der Waals surface area contributed by atoms with Gasteiger partial charge in [-0.1, -0.05) is 34.1 Å². The van der Waals surface area contributed by atoms with Crippen molar-refractivity contribution in [1.29, 1.82) is 0 Å². The van der Waals surface area contributed by atoms with Crippen molar-refractivity contribution in [2.75, 3.05) is 18.4 Å². The number of benzene rings is 2. The van der Waals surface area contributed by atoms with Crippen LogP contribution in [0.25, 0.3) is 11.3 Å². The van der Waals surface area contributed by atoms with Crippen LogP contribution in [0.5, 0.6) is 0 Å². The second-order valence-corrected chi connectivity index (χ2v) is 8.29. The summed E-state index contributed by atoms with van der Waals surface area (Å²) in [4.78, 5) is 31.9. The third-order valence-corrected chi connectivity index (χ3v) is 5.70. The molecule has 1 aromatic heterocycles. The molecule has 4 rings (SSSR count). The number of aromatic nitrogens is 1. The molecule has 1 aliphatic heterocycles. The molecule has 0 bridgehead atoms. The highest BCUT2D eigenvalue weighted by molar-refractivity contribution is 9.10. The highest BCUT2D eigenvalue weighted by atomic mass is 79.9. The summed E-state index contributed by atoms with van der Waals surface area (Å²) >= 11 is 3.47. The molecule has 0 aliphatic carbocycles. The second-order valence-electron chi connectivity index (χ2n) is 7.37. The first kappa shape index (κ1) is 20.3. The monoisotopic (exact) mass is 463 g/mol. The zero-order valence-electron chi connectivity index (χ0n) is 16.7. The van der Waals surface area contributed by atoms with E-state index in [1.54, 1.807) is 30.3 Å². The fourth-order valence-corrected chi connectivity index (χ4v) is 4.04. The van der Waals surface area contributed by atoms with Gasteiger partial charge < -0.3 is 10.2 Å². The molecule has 2 heterocycles. The maximum atomic E-state index is 12.8. The Morgan fingerprint density at radius 2 is 1.77 bits per heavy atom. The lowest BCUT2D eigenvalue weighted by Crippen LogP contribution is -2.27. The van der Waals surface area contributed by atoms with E-state index in [0.717, 1.165) is 41.7 Å². The standard InChI is InChI=1S/C24H22BrN3O2/c1-16-21(10-11-22(26-16)17-6-4-8-19(25)14-17)23(29)27-20-9-5-7-18(15-20)24(30)28-12-2-3-13-28/h4-11,14-15H,2-3,12-13H2,1H3,(H,27,29). The molecule has 2 amide bonds. The third-order valence-electron chi connectivity index (χ3n) is 5.21. The predicted molar refractivity (Wildman–Crippen MR) is 122 cm³/mol. The van der Waals surface area contributed by atoms with E-state index in [9.17, 15) is 9.59 Å². The summed E-state index contributed by atoms with van der Waals surface area (Å²) in [6.45, 7) is 3.42.